The van der Waals surface area contributed by atoms with E-state index in [4.69, 9.17) is 32.7 Å². The van der Waals surface area contributed by atoms with Crippen molar-refractivity contribution >= 4 is 47.0 Å². The molecule has 0 amide bonds. The standard InChI is InChI=1S/C25H19Cl2N3O4S/c1-33-21-11-10-17(26)13-18(21)23-28-25(30-29-23)35-22(24(31)32)12-15-6-3-5-9-20(15)34-14-16-7-2-4-8-19(16)27/h2-13H,14H2,1H3,(H,31,32)(H,28,29,30)/b22-12-. The van der Waals surface area contributed by atoms with Gasteiger partial charge < -0.3 is 14.6 Å². The number of benzene rings is 3. The summed E-state index contributed by atoms with van der Waals surface area (Å²) in [6, 6.07) is 19.6. The van der Waals surface area contributed by atoms with Crippen molar-refractivity contribution < 1.29 is 19.4 Å². The Morgan fingerprint density at radius 2 is 1.86 bits per heavy atom. The van der Waals surface area contributed by atoms with Gasteiger partial charge in [-0.2, -0.15) is 0 Å². The molecule has 35 heavy (non-hydrogen) atoms. The Morgan fingerprint density at radius 1 is 1.09 bits per heavy atom. The van der Waals surface area contributed by atoms with Gasteiger partial charge in [-0.1, -0.05) is 59.6 Å². The number of H-pyrrole nitrogens is 1. The quantitative estimate of drug-likeness (QED) is 0.187. The van der Waals surface area contributed by atoms with E-state index >= 15 is 0 Å². The van der Waals surface area contributed by atoms with E-state index in [9.17, 15) is 9.90 Å². The Kier molecular flexibility index (Phi) is 7.97. The molecule has 1 aromatic heterocycles. The first-order valence-electron chi connectivity index (χ1n) is 10.3. The normalized spacial score (nSPS) is 11.3. The minimum Gasteiger partial charge on any atom is -0.496 e. The number of ether oxygens (including phenoxy) is 2. The Morgan fingerprint density at radius 3 is 2.63 bits per heavy atom. The summed E-state index contributed by atoms with van der Waals surface area (Å²) in [4.78, 5) is 16.4. The van der Waals surface area contributed by atoms with E-state index in [0.29, 0.717) is 38.5 Å². The Labute approximate surface area is 215 Å². The Hall–Kier alpha value is -3.46. The summed E-state index contributed by atoms with van der Waals surface area (Å²) in [5.41, 5.74) is 2.03. The molecule has 7 nitrogen and oxygen atoms in total. The van der Waals surface area contributed by atoms with Gasteiger partial charge >= 0.3 is 5.97 Å². The molecule has 4 rings (SSSR count). The maximum atomic E-state index is 12.0. The minimum absolute atomic E-state index is 0.0161. The summed E-state index contributed by atoms with van der Waals surface area (Å²) >= 11 is 13.2. The average Bonchev–Trinajstić information content (AvgIpc) is 3.32. The van der Waals surface area contributed by atoms with Crippen LogP contribution in [0, 0.1) is 0 Å². The minimum atomic E-state index is -1.12. The molecule has 0 unspecified atom stereocenters. The number of halogens is 2. The number of aromatic nitrogens is 3. The molecule has 0 aliphatic rings. The largest absolute Gasteiger partial charge is 0.496 e. The van der Waals surface area contributed by atoms with Crippen LogP contribution >= 0.6 is 35.0 Å². The highest BCUT2D eigenvalue weighted by atomic mass is 35.5. The molecule has 0 radical (unpaired) electrons. The highest BCUT2D eigenvalue weighted by molar-refractivity contribution is 8.04. The number of carboxylic acid groups (broad SMARTS) is 1. The van der Waals surface area contributed by atoms with E-state index in [2.05, 4.69) is 15.2 Å². The van der Waals surface area contributed by atoms with Crippen LogP contribution in [0.15, 0.2) is 76.8 Å². The second kappa shape index (κ2) is 11.3. The summed E-state index contributed by atoms with van der Waals surface area (Å²) in [5, 5.41) is 18.1. The molecule has 0 saturated heterocycles. The van der Waals surface area contributed by atoms with Crippen molar-refractivity contribution in [3.05, 3.63) is 92.8 Å². The second-order valence-corrected chi connectivity index (χ2v) is 9.00. The van der Waals surface area contributed by atoms with Crippen LogP contribution in [0.4, 0.5) is 0 Å². The van der Waals surface area contributed by atoms with Crippen LogP contribution in [0.1, 0.15) is 11.1 Å². The molecule has 0 fully saturated rings. The van der Waals surface area contributed by atoms with Crippen molar-refractivity contribution in [2.24, 2.45) is 0 Å². The van der Waals surface area contributed by atoms with Gasteiger partial charge in [0, 0.05) is 21.2 Å². The first-order valence-corrected chi connectivity index (χ1v) is 11.9. The number of carboxylic acids is 1. The fourth-order valence-corrected chi connectivity index (χ4v) is 4.21. The number of nitrogens with one attached hydrogen (secondary N) is 1. The zero-order valence-corrected chi connectivity index (χ0v) is 20.7. The third-order valence-corrected chi connectivity index (χ3v) is 6.32. The number of aliphatic carboxylic acids is 1. The summed E-state index contributed by atoms with van der Waals surface area (Å²) in [6.07, 6.45) is 1.52. The molecule has 2 N–H and O–H groups in total. The van der Waals surface area contributed by atoms with Gasteiger partial charge in [0.05, 0.1) is 12.7 Å². The summed E-state index contributed by atoms with van der Waals surface area (Å²) < 4.78 is 11.3. The van der Waals surface area contributed by atoms with E-state index in [1.165, 1.54) is 13.2 Å². The zero-order chi connectivity index (χ0) is 24.8. The molecule has 4 aromatic rings. The van der Waals surface area contributed by atoms with Gasteiger partial charge in [0.15, 0.2) is 5.82 Å². The SMILES string of the molecule is COc1ccc(Cl)cc1-c1nc(S/C(=C\c2ccccc2OCc2ccccc2Cl)C(=O)O)n[nH]1. The average molecular weight is 528 g/mol. The smallest absolute Gasteiger partial charge is 0.342 e. The third-order valence-electron chi connectivity index (χ3n) is 4.84. The van der Waals surface area contributed by atoms with Crippen LogP contribution in [0.5, 0.6) is 11.5 Å². The van der Waals surface area contributed by atoms with E-state index in [1.807, 2.05) is 24.3 Å². The molecule has 0 aliphatic carbocycles. The summed E-state index contributed by atoms with van der Waals surface area (Å²) in [7, 11) is 1.54. The molecule has 0 spiro atoms. The second-order valence-electron chi connectivity index (χ2n) is 7.14. The predicted octanol–water partition coefficient (Wildman–Crippen LogP) is 6.58. The number of hydrogen-bond donors (Lipinski definition) is 2. The number of hydrogen-bond acceptors (Lipinski definition) is 6. The van der Waals surface area contributed by atoms with Crippen molar-refractivity contribution in [1.29, 1.82) is 0 Å². The van der Waals surface area contributed by atoms with Crippen molar-refractivity contribution in [1.82, 2.24) is 15.2 Å². The predicted molar refractivity (Wildman–Crippen MR) is 137 cm³/mol. The van der Waals surface area contributed by atoms with Gasteiger partial charge in [0.25, 0.3) is 0 Å². The lowest BCUT2D eigenvalue weighted by Gasteiger charge is -2.11. The first-order chi connectivity index (χ1) is 16.9. The van der Waals surface area contributed by atoms with Gasteiger partial charge in [0.1, 0.15) is 23.0 Å². The molecular formula is C25H19Cl2N3O4S. The first kappa shape index (κ1) is 24.7. The molecule has 0 bridgehead atoms. The molecule has 0 aliphatic heterocycles. The highest BCUT2D eigenvalue weighted by Gasteiger charge is 2.17. The molecule has 10 heteroatoms. The van der Waals surface area contributed by atoms with Gasteiger partial charge in [-0.3, -0.25) is 5.10 Å². The van der Waals surface area contributed by atoms with Crippen LogP contribution in [0.25, 0.3) is 17.5 Å². The number of methoxy groups -OCH3 is 1. The van der Waals surface area contributed by atoms with Crippen LogP contribution in [-0.4, -0.2) is 33.4 Å². The lowest BCUT2D eigenvalue weighted by molar-refractivity contribution is -0.131. The van der Waals surface area contributed by atoms with Crippen LogP contribution < -0.4 is 9.47 Å². The lowest BCUT2D eigenvalue weighted by atomic mass is 10.2. The van der Waals surface area contributed by atoms with E-state index in [1.54, 1.807) is 42.5 Å². The lowest BCUT2D eigenvalue weighted by Crippen LogP contribution is -2.00. The molecule has 3 aromatic carbocycles. The van der Waals surface area contributed by atoms with Crippen LogP contribution in [0.2, 0.25) is 10.0 Å². The third kappa shape index (κ3) is 6.16. The van der Waals surface area contributed by atoms with E-state index < -0.39 is 5.97 Å². The van der Waals surface area contributed by atoms with E-state index in [0.717, 1.165) is 17.3 Å². The topological polar surface area (TPSA) is 97.3 Å². The number of nitrogens with zero attached hydrogens (tertiary/aromatic N) is 2. The van der Waals surface area contributed by atoms with Gasteiger partial charge in [-0.05, 0) is 48.2 Å². The summed E-state index contributed by atoms with van der Waals surface area (Å²) in [5.74, 6) is 0.356. The van der Waals surface area contributed by atoms with Gasteiger partial charge in [-0.15, -0.1) is 5.10 Å². The maximum absolute atomic E-state index is 12.0. The Balaban J connectivity index is 1.57. The summed E-state index contributed by atoms with van der Waals surface area (Å²) in [6.45, 7) is 0.242. The number of thioether (sulfide) groups is 1. The van der Waals surface area contributed by atoms with Crippen molar-refractivity contribution in [2.75, 3.05) is 7.11 Å². The van der Waals surface area contributed by atoms with Crippen LogP contribution in [0.3, 0.4) is 0 Å². The zero-order valence-electron chi connectivity index (χ0n) is 18.4. The number of para-hydroxylation sites is 1. The molecule has 178 valence electrons. The van der Waals surface area contributed by atoms with E-state index in [-0.39, 0.29) is 16.7 Å². The monoisotopic (exact) mass is 527 g/mol. The number of rotatable bonds is 9. The maximum Gasteiger partial charge on any atom is 0.342 e. The molecular weight excluding hydrogens is 509 g/mol. The van der Waals surface area contributed by atoms with Gasteiger partial charge in [-0.25, -0.2) is 9.78 Å². The van der Waals surface area contributed by atoms with Gasteiger partial charge in [0.2, 0.25) is 5.16 Å². The molecule has 0 atom stereocenters. The van der Waals surface area contributed by atoms with Crippen LogP contribution in [-0.2, 0) is 11.4 Å². The van der Waals surface area contributed by atoms with Crippen molar-refractivity contribution in [3.8, 4) is 22.9 Å². The number of aromatic amines is 1. The van der Waals surface area contributed by atoms with Crippen molar-refractivity contribution in [2.45, 2.75) is 11.8 Å². The fraction of sp³-hybridized carbons (Fsp3) is 0.0800. The van der Waals surface area contributed by atoms with Crippen molar-refractivity contribution in [3.63, 3.8) is 0 Å². The molecule has 1 heterocycles. The molecule has 0 saturated carbocycles. The number of carbonyl (C=O) groups is 1. The Bertz CT molecular complexity index is 1390. The highest BCUT2D eigenvalue weighted by Crippen LogP contribution is 2.33. The fourth-order valence-electron chi connectivity index (χ4n) is 3.15.